The largest absolute Gasteiger partial charge is 0.462 e. The van der Waals surface area contributed by atoms with E-state index in [-0.39, 0.29) is 31.1 Å². The molecule has 0 amide bonds. The van der Waals surface area contributed by atoms with Crippen molar-refractivity contribution in [3.63, 3.8) is 0 Å². The number of hydrogen-bond acceptors (Lipinski definition) is 6. The first-order valence-corrected chi connectivity index (χ1v) is 23.6. The van der Waals surface area contributed by atoms with Crippen molar-refractivity contribution in [2.75, 3.05) is 13.2 Å². The highest BCUT2D eigenvalue weighted by Gasteiger charge is 2.19. The van der Waals surface area contributed by atoms with Gasteiger partial charge in [-0.15, -0.1) is 0 Å². The summed E-state index contributed by atoms with van der Waals surface area (Å²) in [7, 11) is 0. The van der Waals surface area contributed by atoms with Gasteiger partial charge in [0.25, 0.3) is 0 Å². The van der Waals surface area contributed by atoms with Gasteiger partial charge in [0.05, 0.1) is 0 Å². The molecule has 0 saturated heterocycles. The molecular weight excluding hydrogens is 673 g/mol. The molecule has 0 fully saturated rings. The van der Waals surface area contributed by atoms with E-state index in [1.54, 1.807) is 0 Å². The lowest BCUT2D eigenvalue weighted by Crippen LogP contribution is -2.30. The Kier molecular flexibility index (Phi) is 38.5. The summed E-state index contributed by atoms with van der Waals surface area (Å²) < 4.78 is 16.7. The van der Waals surface area contributed by atoms with E-state index in [9.17, 15) is 14.4 Å². The molecule has 0 bridgehead atoms. The molecule has 0 aromatic carbocycles. The quantitative estimate of drug-likeness (QED) is 0.0350. The Labute approximate surface area is 336 Å². The van der Waals surface area contributed by atoms with Gasteiger partial charge in [-0.3, -0.25) is 14.4 Å². The standard InChI is InChI=1S/C48H92O6/c1-7-44(6)36-30-24-20-21-26-32-38-47(50)53-41-45(54-48(51)39-33-27-19-15-11-9-13-17-23-29-35-43(4)5)40-52-46(49)37-31-25-18-14-10-8-12-16-22-28-34-42(2)3/h42-45H,7-41H2,1-6H3/t44?,45-/m0/s1. The Balaban J connectivity index is 4.35. The van der Waals surface area contributed by atoms with Crippen molar-refractivity contribution in [1.82, 2.24) is 0 Å². The normalized spacial score (nSPS) is 12.7. The highest BCUT2D eigenvalue weighted by atomic mass is 16.6. The third-order valence-corrected chi connectivity index (χ3v) is 11.0. The molecule has 0 radical (unpaired) electrons. The molecule has 0 aliphatic carbocycles. The van der Waals surface area contributed by atoms with Gasteiger partial charge in [-0.1, -0.05) is 215 Å². The topological polar surface area (TPSA) is 78.9 Å². The van der Waals surface area contributed by atoms with Crippen molar-refractivity contribution in [3.05, 3.63) is 0 Å². The maximum atomic E-state index is 12.7. The molecule has 1 unspecified atom stereocenters. The van der Waals surface area contributed by atoms with Crippen molar-refractivity contribution < 1.29 is 28.6 Å². The van der Waals surface area contributed by atoms with E-state index < -0.39 is 6.10 Å². The minimum absolute atomic E-state index is 0.0663. The maximum absolute atomic E-state index is 12.7. The fraction of sp³-hybridized carbons (Fsp3) is 0.938. The Morgan fingerprint density at radius 2 is 0.648 bits per heavy atom. The number of unbranched alkanes of at least 4 members (excludes halogenated alkanes) is 23. The van der Waals surface area contributed by atoms with E-state index in [0.29, 0.717) is 19.3 Å². The minimum atomic E-state index is -0.762. The van der Waals surface area contributed by atoms with Crippen LogP contribution in [0.4, 0.5) is 0 Å². The fourth-order valence-electron chi connectivity index (χ4n) is 7.02. The van der Waals surface area contributed by atoms with Gasteiger partial charge in [-0.2, -0.15) is 0 Å². The highest BCUT2D eigenvalue weighted by molar-refractivity contribution is 5.71. The number of esters is 3. The van der Waals surface area contributed by atoms with Crippen LogP contribution in [-0.2, 0) is 28.6 Å². The van der Waals surface area contributed by atoms with Crippen LogP contribution in [0.15, 0.2) is 0 Å². The molecule has 320 valence electrons. The molecule has 6 nitrogen and oxygen atoms in total. The molecule has 0 rings (SSSR count). The minimum Gasteiger partial charge on any atom is -0.462 e. The summed E-state index contributed by atoms with van der Waals surface area (Å²) >= 11 is 0. The van der Waals surface area contributed by atoms with Crippen molar-refractivity contribution in [2.24, 2.45) is 17.8 Å². The van der Waals surface area contributed by atoms with Gasteiger partial charge < -0.3 is 14.2 Å². The van der Waals surface area contributed by atoms with Crippen LogP contribution in [0.2, 0.25) is 0 Å². The molecule has 0 aliphatic heterocycles. The lowest BCUT2D eigenvalue weighted by molar-refractivity contribution is -0.167. The SMILES string of the molecule is CCC(C)CCCCCCCCC(=O)OC[C@H](COC(=O)CCCCCCCCCCCCC(C)C)OC(=O)CCCCCCCCCCCCC(C)C. The smallest absolute Gasteiger partial charge is 0.306 e. The molecule has 0 aliphatic rings. The monoisotopic (exact) mass is 765 g/mol. The summed E-state index contributed by atoms with van der Waals surface area (Å²) in [6, 6.07) is 0. The van der Waals surface area contributed by atoms with E-state index in [1.165, 1.54) is 135 Å². The van der Waals surface area contributed by atoms with Crippen LogP contribution >= 0.6 is 0 Å². The van der Waals surface area contributed by atoms with Crippen LogP contribution in [-0.4, -0.2) is 37.2 Å². The average Bonchev–Trinajstić information content (AvgIpc) is 3.14. The Morgan fingerprint density at radius 1 is 0.370 bits per heavy atom. The average molecular weight is 765 g/mol. The summed E-state index contributed by atoms with van der Waals surface area (Å²) in [5.74, 6) is 1.59. The first-order valence-electron chi connectivity index (χ1n) is 23.6. The van der Waals surface area contributed by atoms with Crippen LogP contribution in [0.5, 0.6) is 0 Å². The summed E-state index contributed by atoms with van der Waals surface area (Å²) in [5, 5.41) is 0. The van der Waals surface area contributed by atoms with Gasteiger partial charge in [-0.05, 0) is 37.0 Å². The lowest BCUT2D eigenvalue weighted by atomic mass is 10.00. The summed E-state index contributed by atoms with van der Waals surface area (Å²) in [6.45, 7) is 13.6. The second kappa shape index (κ2) is 39.6. The summed E-state index contributed by atoms with van der Waals surface area (Å²) in [5.41, 5.74) is 0. The highest BCUT2D eigenvalue weighted by Crippen LogP contribution is 2.17. The number of carbonyl (C=O) groups is 3. The third kappa shape index (κ3) is 40.1. The number of rotatable bonds is 41. The fourth-order valence-corrected chi connectivity index (χ4v) is 7.02. The number of ether oxygens (including phenoxy) is 3. The molecular formula is C48H92O6. The first-order chi connectivity index (χ1) is 26.1. The molecule has 0 saturated carbocycles. The lowest BCUT2D eigenvalue weighted by Gasteiger charge is -2.18. The van der Waals surface area contributed by atoms with Crippen molar-refractivity contribution in [3.8, 4) is 0 Å². The molecule has 0 heterocycles. The van der Waals surface area contributed by atoms with Gasteiger partial charge in [-0.25, -0.2) is 0 Å². The summed E-state index contributed by atoms with van der Waals surface area (Å²) in [4.78, 5) is 37.8. The molecule has 0 spiro atoms. The van der Waals surface area contributed by atoms with E-state index in [1.807, 2.05) is 0 Å². The van der Waals surface area contributed by atoms with Crippen LogP contribution in [0.3, 0.4) is 0 Å². The molecule has 0 aromatic rings. The zero-order chi connectivity index (χ0) is 39.9. The second-order valence-corrected chi connectivity index (χ2v) is 17.6. The Morgan fingerprint density at radius 3 is 0.963 bits per heavy atom. The molecule has 54 heavy (non-hydrogen) atoms. The zero-order valence-corrected chi connectivity index (χ0v) is 37.0. The third-order valence-electron chi connectivity index (χ3n) is 11.0. The zero-order valence-electron chi connectivity index (χ0n) is 37.0. The summed E-state index contributed by atoms with van der Waals surface area (Å²) in [6.07, 6.45) is 36.6. The van der Waals surface area contributed by atoms with E-state index in [4.69, 9.17) is 14.2 Å². The van der Waals surface area contributed by atoms with Gasteiger partial charge in [0.1, 0.15) is 13.2 Å². The second-order valence-electron chi connectivity index (χ2n) is 17.6. The van der Waals surface area contributed by atoms with Crippen molar-refractivity contribution >= 4 is 17.9 Å². The van der Waals surface area contributed by atoms with Crippen molar-refractivity contribution in [2.45, 2.75) is 260 Å². The van der Waals surface area contributed by atoms with Gasteiger partial charge in [0.15, 0.2) is 6.10 Å². The van der Waals surface area contributed by atoms with Crippen LogP contribution in [0, 0.1) is 17.8 Å². The van der Waals surface area contributed by atoms with Crippen molar-refractivity contribution in [1.29, 1.82) is 0 Å². The van der Waals surface area contributed by atoms with Crippen LogP contribution in [0.25, 0.3) is 0 Å². The van der Waals surface area contributed by atoms with Gasteiger partial charge in [0.2, 0.25) is 0 Å². The maximum Gasteiger partial charge on any atom is 0.306 e. The molecule has 0 N–H and O–H groups in total. The van der Waals surface area contributed by atoms with E-state index >= 15 is 0 Å². The number of carbonyl (C=O) groups excluding carboxylic acids is 3. The van der Waals surface area contributed by atoms with Crippen LogP contribution in [0.1, 0.15) is 253 Å². The predicted molar refractivity (Wildman–Crippen MR) is 229 cm³/mol. The van der Waals surface area contributed by atoms with Crippen LogP contribution < -0.4 is 0 Å². The molecule has 2 atom stereocenters. The molecule has 6 heteroatoms. The number of hydrogen-bond donors (Lipinski definition) is 0. The Hall–Kier alpha value is -1.59. The van der Waals surface area contributed by atoms with E-state index in [0.717, 1.165) is 75.5 Å². The first kappa shape index (κ1) is 52.4. The predicted octanol–water partition coefficient (Wildman–Crippen LogP) is 14.8. The van der Waals surface area contributed by atoms with Gasteiger partial charge in [0, 0.05) is 19.3 Å². The van der Waals surface area contributed by atoms with Gasteiger partial charge >= 0.3 is 17.9 Å². The molecule has 0 aromatic heterocycles. The Bertz CT molecular complexity index is 839. The van der Waals surface area contributed by atoms with E-state index in [2.05, 4.69) is 41.5 Å².